The third-order valence-corrected chi connectivity index (χ3v) is 3.07. The Morgan fingerprint density at radius 1 is 1.13 bits per heavy atom. The first-order chi connectivity index (χ1) is 11.2. The van der Waals surface area contributed by atoms with Crippen LogP contribution in [0.1, 0.15) is 11.1 Å². The minimum Gasteiger partial charge on any atom is -0.493 e. The normalized spacial score (nSPS) is 10.5. The molecule has 0 N–H and O–H groups in total. The van der Waals surface area contributed by atoms with Gasteiger partial charge in [0.15, 0.2) is 18.1 Å². The van der Waals surface area contributed by atoms with Crippen LogP contribution in [0.25, 0.3) is 11.6 Å². The van der Waals surface area contributed by atoms with Crippen molar-refractivity contribution in [2.75, 3.05) is 13.7 Å². The van der Waals surface area contributed by atoms with E-state index in [-0.39, 0.29) is 12.4 Å². The van der Waals surface area contributed by atoms with Gasteiger partial charge in [0.2, 0.25) is 0 Å². The van der Waals surface area contributed by atoms with Crippen molar-refractivity contribution in [3.05, 3.63) is 59.4 Å². The lowest BCUT2D eigenvalue weighted by Gasteiger charge is -2.09. The van der Waals surface area contributed by atoms with E-state index in [0.717, 1.165) is 5.56 Å². The highest BCUT2D eigenvalue weighted by Crippen LogP contribution is 2.29. The molecule has 0 aliphatic rings. The number of rotatable bonds is 5. The molecule has 2 rings (SSSR count). The Labute approximate surface area is 133 Å². The van der Waals surface area contributed by atoms with Crippen molar-refractivity contribution in [3.63, 3.8) is 0 Å². The van der Waals surface area contributed by atoms with Crippen LogP contribution in [0.4, 0.5) is 4.39 Å². The lowest BCUT2D eigenvalue weighted by Crippen LogP contribution is -1.96. The van der Waals surface area contributed by atoms with Crippen molar-refractivity contribution < 1.29 is 13.9 Å². The summed E-state index contributed by atoms with van der Waals surface area (Å²) in [5.74, 6) is 0.559. The van der Waals surface area contributed by atoms with Crippen molar-refractivity contribution >= 4 is 11.6 Å². The summed E-state index contributed by atoms with van der Waals surface area (Å²) in [4.78, 5) is 0. The van der Waals surface area contributed by atoms with Gasteiger partial charge in [-0.1, -0.05) is 18.2 Å². The summed E-state index contributed by atoms with van der Waals surface area (Å²) in [7, 11) is 1.49. The Balaban J connectivity index is 2.35. The van der Waals surface area contributed by atoms with E-state index >= 15 is 0 Å². The minimum atomic E-state index is -0.355. The summed E-state index contributed by atoms with van der Waals surface area (Å²) < 4.78 is 23.4. The van der Waals surface area contributed by atoms with Gasteiger partial charge in [-0.25, -0.2) is 4.39 Å². The van der Waals surface area contributed by atoms with Crippen LogP contribution in [0, 0.1) is 28.5 Å². The van der Waals surface area contributed by atoms with Crippen LogP contribution >= 0.6 is 0 Å². The third-order valence-electron chi connectivity index (χ3n) is 3.07. The lowest BCUT2D eigenvalue weighted by atomic mass is 10.0. The maximum absolute atomic E-state index is 13.0. The predicted octanol–water partition coefficient (Wildman–Crippen LogP) is 3.80. The molecule has 114 valence electrons. The SMILES string of the molecule is COc1cc(/C=C(/C#N)c2ccc(F)cc2)ccc1OCC#N. The average molecular weight is 308 g/mol. The minimum absolute atomic E-state index is 0.0788. The van der Waals surface area contributed by atoms with Gasteiger partial charge in [0.1, 0.15) is 11.9 Å². The molecule has 0 radical (unpaired) electrons. The van der Waals surface area contributed by atoms with Crippen LogP contribution < -0.4 is 9.47 Å². The van der Waals surface area contributed by atoms with Gasteiger partial charge < -0.3 is 9.47 Å². The number of benzene rings is 2. The second-order valence-corrected chi connectivity index (χ2v) is 4.53. The topological polar surface area (TPSA) is 66.0 Å². The number of halogens is 1. The van der Waals surface area contributed by atoms with Crippen LogP contribution in [-0.2, 0) is 0 Å². The van der Waals surface area contributed by atoms with E-state index < -0.39 is 0 Å². The molecular weight excluding hydrogens is 295 g/mol. The number of hydrogen-bond acceptors (Lipinski definition) is 4. The Kier molecular flexibility index (Phi) is 5.33. The highest BCUT2D eigenvalue weighted by atomic mass is 19.1. The van der Waals surface area contributed by atoms with E-state index in [2.05, 4.69) is 6.07 Å². The van der Waals surface area contributed by atoms with E-state index in [9.17, 15) is 9.65 Å². The fourth-order valence-electron chi connectivity index (χ4n) is 1.98. The van der Waals surface area contributed by atoms with E-state index in [1.165, 1.54) is 19.2 Å². The van der Waals surface area contributed by atoms with Crippen molar-refractivity contribution in [2.24, 2.45) is 0 Å². The zero-order chi connectivity index (χ0) is 16.7. The standard InChI is InChI=1S/C18H13FN2O2/c1-22-18-11-13(2-7-17(18)23-9-8-20)10-15(12-21)14-3-5-16(19)6-4-14/h2-7,10-11H,9H2,1H3/b15-10-. The van der Waals surface area contributed by atoms with Crippen molar-refractivity contribution in [3.8, 4) is 23.6 Å². The van der Waals surface area contributed by atoms with E-state index in [1.54, 1.807) is 36.4 Å². The molecule has 5 heteroatoms. The van der Waals surface area contributed by atoms with Crippen LogP contribution in [-0.4, -0.2) is 13.7 Å². The number of nitrogens with zero attached hydrogens (tertiary/aromatic N) is 2. The molecule has 2 aromatic carbocycles. The van der Waals surface area contributed by atoms with Crippen LogP contribution in [0.3, 0.4) is 0 Å². The molecule has 0 spiro atoms. The van der Waals surface area contributed by atoms with Gasteiger partial charge in [0.25, 0.3) is 0 Å². The fourth-order valence-corrected chi connectivity index (χ4v) is 1.98. The number of nitriles is 2. The molecule has 0 aromatic heterocycles. The number of methoxy groups -OCH3 is 1. The molecule has 0 aliphatic heterocycles. The molecule has 0 saturated carbocycles. The van der Waals surface area contributed by atoms with Gasteiger partial charge >= 0.3 is 0 Å². The van der Waals surface area contributed by atoms with Crippen molar-refractivity contribution in [1.29, 1.82) is 10.5 Å². The summed E-state index contributed by atoms with van der Waals surface area (Å²) in [6.07, 6.45) is 1.67. The van der Waals surface area contributed by atoms with Crippen molar-refractivity contribution in [1.82, 2.24) is 0 Å². The monoisotopic (exact) mass is 308 g/mol. The lowest BCUT2D eigenvalue weighted by molar-refractivity contribution is 0.329. The summed E-state index contributed by atoms with van der Waals surface area (Å²) in [5.41, 5.74) is 1.75. The largest absolute Gasteiger partial charge is 0.493 e. The summed E-state index contributed by atoms with van der Waals surface area (Å²) in [6, 6.07) is 14.8. The average Bonchev–Trinajstić information content (AvgIpc) is 2.59. The Morgan fingerprint density at radius 2 is 1.87 bits per heavy atom. The molecule has 0 bridgehead atoms. The zero-order valence-corrected chi connectivity index (χ0v) is 12.4. The predicted molar refractivity (Wildman–Crippen MR) is 84.0 cm³/mol. The number of allylic oxidation sites excluding steroid dienone is 1. The molecule has 2 aromatic rings. The molecule has 0 aliphatic carbocycles. The van der Waals surface area contributed by atoms with Gasteiger partial charge in [0, 0.05) is 0 Å². The maximum atomic E-state index is 13.0. The quantitative estimate of drug-likeness (QED) is 0.622. The van der Waals surface area contributed by atoms with Gasteiger partial charge in [-0.05, 0) is 41.5 Å². The van der Waals surface area contributed by atoms with Gasteiger partial charge in [-0.15, -0.1) is 0 Å². The fraction of sp³-hybridized carbons (Fsp3) is 0.111. The Bertz CT molecular complexity index is 799. The smallest absolute Gasteiger partial charge is 0.174 e. The number of hydrogen-bond donors (Lipinski definition) is 0. The second kappa shape index (κ2) is 7.63. The summed E-state index contributed by atoms with van der Waals surface area (Å²) >= 11 is 0. The molecule has 4 nitrogen and oxygen atoms in total. The van der Waals surface area contributed by atoms with E-state index in [1.807, 2.05) is 6.07 Å². The van der Waals surface area contributed by atoms with Crippen LogP contribution in [0.2, 0.25) is 0 Å². The number of ether oxygens (including phenoxy) is 2. The summed E-state index contributed by atoms with van der Waals surface area (Å²) in [6.45, 7) is -0.0788. The van der Waals surface area contributed by atoms with E-state index in [4.69, 9.17) is 14.7 Å². The Morgan fingerprint density at radius 3 is 2.48 bits per heavy atom. The van der Waals surface area contributed by atoms with Crippen LogP contribution in [0.5, 0.6) is 11.5 Å². The molecule has 0 unspecified atom stereocenters. The van der Waals surface area contributed by atoms with Crippen LogP contribution in [0.15, 0.2) is 42.5 Å². The molecule has 0 amide bonds. The van der Waals surface area contributed by atoms with E-state index in [0.29, 0.717) is 22.6 Å². The van der Waals surface area contributed by atoms with Crippen molar-refractivity contribution in [2.45, 2.75) is 0 Å². The second-order valence-electron chi connectivity index (χ2n) is 4.53. The molecule has 0 heterocycles. The van der Waals surface area contributed by atoms with Gasteiger partial charge in [-0.2, -0.15) is 10.5 Å². The molecular formula is C18H13FN2O2. The first-order valence-electron chi connectivity index (χ1n) is 6.73. The highest BCUT2D eigenvalue weighted by molar-refractivity contribution is 5.89. The molecule has 0 saturated heterocycles. The Hall–Kier alpha value is -3.31. The first-order valence-corrected chi connectivity index (χ1v) is 6.73. The molecule has 0 atom stereocenters. The third kappa shape index (κ3) is 4.09. The zero-order valence-electron chi connectivity index (χ0n) is 12.4. The van der Waals surface area contributed by atoms with Gasteiger partial charge in [-0.3, -0.25) is 0 Å². The molecule has 23 heavy (non-hydrogen) atoms. The highest BCUT2D eigenvalue weighted by Gasteiger charge is 2.07. The maximum Gasteiger partial charge on any atom is 0.174 e. The van der Waals surface area contributed by atoms with Gasteiger partial charge in [0.05, 0.1) is 18.8 Å². The first kappa shape index (κ1) is 16.1. The summed E-state index contributed by atoms with van der Waals surface area (Å²) in [5, 5.41) is 17.9. The molecule has 0 fully saturated rings.